The highest BCUT2D eigenvalue weighted by Crippen LogP contribution is 2.22. The van der Waals surface area contributed by atoms with Crippen molar-refractivity contribution in [2.75, 3.05) is 6.54 Å². The smallest absolute Gasteiger partial charge is 0.328 e. The summed E-state index contributed by atoms with van der Waals surface area (Å²) < 4.78 is 0. The fourth-order valence-corrected chi connectivity index (χ4v) is 2.60. The lowest BCUT2D eigenvalue weighted by Gasteiger charge is -2.23. The Morgan fingerprint density at radius 2 is 2.05 bits per heavy atom. The first-order valence-corrected chi connectivity index (χ1v) is 6.94. The van der Waals surface area contributed by atoms with Crippen molar-refractivity contribution >= 4 is 18.0 Å². The lowest BCUT2D eigenvalue weighted by Crippen LogP contribution is -2.35. The molecule has 1 unspecified atom stereocenters. The average molecular weight is 273 g/mol. The summed E-state index contributed by atoms with van der Waals surface area (Å²) in [7, 11) is 0. The number of amides is 1. The summed E-state index contributed by atoms with van der Waals surface area (Å²) in [6.07, 6.45) is 5.75. The lowest BCUT2D eigenvalue weighted by atomic mass is 10.1. The largest absolute Gasteiger partial charge is 0.478 e. The Balaban J connectivity index is 2.09. The Kier molecular flexibility index (Phi) is 4.56. The van der Waals surface area contributed by atoms with E-state index < -0.39 is 5.97 Å². The van der Waals surface area contributed by atoms with Crippen LogP contribution in [0.4, 0.5) is 0 Å². The topological polar surface area (TPSA) is 57.6 Å². The summed E-state index contributed by atoms with van der Waals surface area (Å²) in [5.74, 6) is -0.906. The second kappa shape index (κ2) is 6.37. The van der Waals surface area contributed by atoms with E-state index in [4.69, 9.17) is 5.11 Å². The minimum absolute atomic E-state index is 0.0723. The van der Waals surface area contributed by atoms with Gasteiger partial charge in [-0.15, -0.1) is 0 Å². The molecule has 1 heterocycles. The fourth-order valence-electron chi connectivity index (χ4n) is 2.60. The van der Waals surface area contributed by atoms with Crippen molar-refractivity contribution < 1.29 is 14.7 Å². The van der Waals surface area contributed by atoms with E-state index in [9.17, 15) is 9.59 Å². The fraction of sp³-hybridized carbons (Fsp3) is 0.375. The predicted molar refractivity (Wildman–Crippen MR) is 77.5 cm³/mol. The van der Waals surface area contributed by atoms with E-state index in [0.29, 0.717) is 11.6 Å². The maximum atomic E-state index is 12.4. The van der Waals surface area contributed by atoms with Gasteiger partial charge in [0, 0.05) is 24.2 Å². The number of carboxylic acids is 1. The van der Waals surface area contributed by atoms with Crippen LogP contribution in [-0.4, -0.2) is 34.5 Å². The number of hydrogen-bond donors (Lipinski definition) is 1. The molecule has 1 aliphatic rings. The highest BCUT2D eigenvalue weighted by atomic mass is 16.4. The van der Waals surface area contributed by atoms with E-state index in [0.717, 1.165) is 37.4 Å². The average Bonchev–Trinajstić information content (AvgIpc) is 2.93. The number of carbonyl (C=O) groups excluding carboxylic acids is 1. The Morgan fingerprint density at radius 1 is 1.35 bits per heavy atom. The summed E-state index contributed by atoms with van der Waals surface area (Å²) in [5.41, 5.74) is 1.44. The van der Waals surface area contributed by atoms with Gasteiger partial charge in [0.05, 0.1) is 0 Å². The van der Waals surface area contributed by atoms with Crippen molar-refractivity contribution in [2.45, 2.75) is 32.2 Å². The molecule has 2 rings (SSSR count). The second-order valence-electron chi connectivity index (χ2n) is 5.00. The molecule has 1 atom stereocenters. The first-order valence-electron chi connectivity index (χ1n) is 6.94. The Hall–Kier alpha value is -2.10. The van der Waals surface area contributed by atoms with Crippen LogP contribution in [-0.2, 0) is 4.79 Å². The third kappa shape index (κ3) is 3.26. The van der Waals surface area contributed by atoms with Gasteiger partial charge in [-0.3, -0.25) is 4.79 Å². The zero-order valence-electron chi connectivity index (χ0n) is 11.6. The van der Waals surface area contributed by atoms with Crippen molar-refractivity contribution in [2.24, 2.45) is 0 Å². The summed E-state index contributed by atoms with van der Waals surface area (Å²) in [5, 5.41) is 8.57. The molecular weight excluding hydrogens is 254 g/mol. The van der Waals surface area contributed by atoms with Crippen molar-refractivity contribution in [1.82, 2.24) is 4.90 Å². The number of aliphatic carboxylic acids is 1. The molecule has 1 N–H and O–H groups in total. The van der Waals surface area contributed by atoms with Gasteiger partial charge >= 0.3 is 5.97 Å². The molecule has 0 radical (unpaired) electrons. The van der Waals surface area contributed by atoms with E-state index in [1.54, 1.807) is 24.3 Å². The van der Waals surface area contributed by atoms with Gasteiger partial charge in [0.2, 0.25) is 0 Å². The molecule has 0 spiro atoms. The quantitative estimate of drug-likeness (QED) is 0.858. The molecule has 20 heavy (non-hydrogen) atoms. The van der Waals surface area contributed by atoms with E-state index in [2.05, 4.69) is 6.92 Å². The van der Waals surface area contributed by atoms with Crippen LogP contribution in [0.2, 0.25) is 0 Å². The number of rotatable bonds is 4. The van der Waals surface area contributed by atoms with Gasteiger partial charge in [-0.1, -0.05) is 19.1 Å². The van der Waals surface area contributed by atoms with Crippen LogP contribution >= 0.6 is 0 Å². The molecule has 0 saturated carbocycles. The Labute approximate surface area is 118 Å². The van der Waals surface area contributed by atoms with E-state index in [1.165, 1.54) is 6.08 Å². The molecule has 0 aromatic heterocycles. The Bertz CT molecular complexity index is 519. The lowest BCUT2D eigenvalue weighted by molar-refractivity contribution is -0.131. The number of nitrogens with zero attached hydrogens (tertiary/aromatic N) is 1. The van der Waals surface area contributed by atoms with Gasteiger partial charge in [0.15, 0.2) is 0 Å². The predicted octanol–water partition coefficient (Wildman–Crippen LogP) is 2.80. The van der Waals surface area contributed by atoms with Gasteiger partial charge in [-0.05, 0) is 43.0 Å². The molecule has 4 nitrogen and oxygen atoms in total. The molecule has 1 fully saturated rings. The minimum atomic E-state index is -0.979. The van der Waals surface area contributed by atoms with Crippen molar-refractivity contribution in [1.29, 1.82) is 0 Å². The van der Waals surface area contributed by atoms with Gasteiger partial charge < -0.3 is 10.0 Å². The molecular formula is C16H19NO3. The standard InChI is InChI=1S/C16H19NO3/c1-2-14-4-3-11-17(14)16(20)13-8-5-12(6-9-13)7-10-15(18)19/h5-10,14H,2-4,11H2,1H3,(H,18,19). The normalized spacial score (nSPS) is 18.6. The third-order valence-electron chi connectivity index (χ3n) is 3.69. The molecule has 106 valence electrons. The van der Waals surface area contributed by atoms with Crippen LogP contribution in [0, 0.1) is 0 Å². The van der Waals surface area contributed by atoms with Crippen molar-refractivity contribution in [3.05, 3.63) is 41.5 Å². The first-order chi connectivity index (χ1) is 9.61. The minimum Gasteiger partial charge on any atom is -0.478 e. The highest BCUT2D eigenvalue weighted by molar-refractivity contribution is 5.95. The number of carbonyl (C=O) groups is 2. The zero-order chi connectivity index (χ0) is 14.5. The number of carboxylic acid groups (broad SMARTS) is 1. The van der Waals surface area contributed by atoms with Gasteiger partial charge in [-0.2, -0.15) is 0 Å². The van der Waals surface area contributed by atoms with Crippen molar-refractivity contribution in [3.8, 4) is 0 Å². The van der Waals surface area contributed by atoms with Gasteiger partial charge in [-0.25, -0.2) is 4.79 Å². The first kappa shape index (κ1) is 14.3. The molecule has 0 aliphatic carbocycles. The molecule has 1 saturated heterocycles. The molecule has 1 aliphatic heterocycles. The zero-order valence-corrected chi connectivity index (χ0v) is 11.6. The summed E-state index contributed by atoms with van der Waals surface area (Å²) in [6, 6.07) is 7.41. The molecule has 1 aromatic carbocycles. The third-order valence-corrected chi connectivity index (χ3v) is 3.69. The SMILES string of the molecule is CCC1CCCN1C(=O)c1ccc(C=CC(=O)O)cc1. The van der Waals surface area contributed by atoms with Crippen LogP contribution in [0.15, 0.2) is 30.3 Å². The van der Waals surface area contributed by atoms with E-state index in [1.807, 2.05) is 4.90 Å². The highest BCUT2D eigenvalue weighted by Gasteiger charge is 2.27. The summed E-state index contributed by atoms with van der Waals surface area (Å²) >= 11 is 0. The van der Waals surface area contributed by atoms with Crippen LogP contribution in [0.25, 0.3) is 6.08 Å². The summed E-state index contributed by atoms with van der Waals surface area (Å²) in [4.78, 5) is 24.8. The number of hydrogen-bond acceptors (Lipinski definition) is 2. The molecule has 1 aromatic rings. The summed E-state index contributed by atoms with van der Waals surface area (Å²) in [6.45, 7) is 2.94. The Morgan fingerprint density at radius 3 is 2.65 bits per heavy atom. The van der Waals surface area contributed by atoms with Gasteiger partial charge in [0.1, 0.15) is 0 Å². The van der Waals surface area contributed by atoms with Crippen LogP contribution in [0.1, 0.15) is 42.1 Å². The van der Waals surface area contributed by atoms with Gasteiger partial charge in [0.25, 0.3) is 5.91 Å². The second-order valence-corrected chi connectivity index (χ2v) is 5.00. The van der Waals surface area contributed by atoms with E-state index in [-0.39, 0.29) is 5.91 Å². The van der Waals surface area contributed by atoms with E-state index >= 15 is 0 Å². The van der Waals surface area contributed by atoms with Crippen LogP contribution < -0.4 is 0 Å². The molecule has 0 bridgehead atoms. The monoisotopic (exact) mass is 273 g/mol. The number of likely N-dealkylation sites (tertiary alicyclic amines) is 1. The molecule has 1 amide bonds. The van der Waals surface area contributed by atoms with Crippen LogP contribution in [0.5, 0.6) is 0 Å². The number of benzene rings is 1. The maximum absolute atomic E-state index is 12.4. The molecule has 4 heteroatoms. The van der Waals surface area contributed by atoms with Crippen molar-refractivity contribution in [3.63, 3.8) is 0 Å². The maximum Gasteiger partial charge on any atom is 0.328 e. The van der Waals surface area contributed by atoms with Crippen LogP contribution in [0.3, 0.4) is 0 Å².